The zero-order chi connectivity index (χ0) is 17.0. The van der Waals surface area contributed by atoms with Gasteiger partial charge < -0.3 is 9.64 Å². The number of piperidine rings is 1. The predicted octanol–water partition coefficient (Wildman–Crippen LogP) is 4.52. The molecule has 1 aliphatic heterocycles. The fraction of sp³-hybridized carbons (Fsp3) is 0.278. The molecule has 0 aliphatic carbocycles. The van der Waals surface area contributed by atoms with E-state index in [1.165, 1.54) is 0 Å². The quantitative estimate of drug-likeness (QED) is 0.797. The normalized spacial score (nSPS) is 20.0. The zero-order valence-corrected chi connectivity index (χ0v) is 14.5. The van der Waals surface area contributed by atoms with Crippen LogP contribution in [0, 0.1) is 0 Å². The number of halogens is 2. The Morgan fingerprint density at radius 3 is 2.78 bits per heavy atom. The molecule has 1 aromatic rings. The molecule has 122 valence electrons. The molecular weight excluding hydrogens is 333 g/mol. The molecule has 1 amide bonds. The standard InChI is InChI=1S/C18H19Cl2NO2/c1-4-5-14-10-21(15(11-23-3)8-12(14)2)18(22)13-6-7-16(19)17(20)9-13/h4-7,9,15H,1-2,8,10-11H2,3H3. The molecule has 1 saturated heterocycles. The van der Waals surface area contributed by atoms with Crippen LogP contribution in [0.2, 0.25) is 10.0 Å². The van der Waals surface area contributed by atoms with Gasteiger partial charge in [0, 0.05) is 19.2 Å². The highest BCUT2D eigenvalue weighted by molar-refractivity contribution is 6.42. The lowest BCUT2D eigenvalue weighted by molar-refractivity contribution is 0.0531. The van der Waals surface area contributed by atoms with Crippen LogP contribution in [0.1, 0.15) is 16.8 Å². The molecule has 0 radical (unpaired) electrons. The van der Waals surface area contributed by atoms with Crippen molar-refractivity contribution >= 4 is 29.1 Å². The minimum Gasteiger partial charge on any atom is -0.383 e. The van der Waals surface area contributed by atoms with E-state index in [-0.39, 0.29) is 11.9 Å². The number of hydrogen-bond acceptors (Lipinski definition) is 2. The first-order valence-electron chi connectivity index (χ1n) is 7.22. The molecule has 1 fully saturated rings. The first-order chi connectivity index (χ1) is 11.0. The van der Waals surface area contributed by atoms with E-state index in [0.29, 0.717) is 35.2 Å². The topological polar surface area (TPSA) is 29.5 Å². The number of carbonyl (C=O) groups excluding carboxylic acids is 1. The molecule has 0 bridgehead atoms. The fourth-order valence-corrected chi connectivity index (χ4v) is 2.93. The van der Waals surface area contributed by atoms with Crippen molar-refractivity contribution in [2.24, 2.45) is 0 Å². The molecule has 1 heterocycles. The number of hydrogen-bond donors (Lipinski definition) is 0. The predicted molar refractivity (Wildman–Crippen MR) is 95.2 cm³/mol. The summed E-state index contributed by atoms with van der Waals surface area (Å²) in [6.45, 7) is 8.73. The summed E-state index contributed by atoms with van der Waals surface area (Å²) >= 11 is 12.0. The third-order valence-corrected chi connectivity index (χ3v) is 4.56. The molecular formula is C18H19Cl2NO2. The van der Waals surface area contributed by atoms with E-state index < -0.39 is 0 Å². The summed E-state index contributed by atoms with van der Waals surface area (Å²) in [6, 6.07) is 4.85. The maximum Gasteiger partial charge on any atom is 0.254 e. The molecule has 2 rings (SSSR count). The number of methoxy groups -OCH3 is 1. The first-order valence-corrected chi connectivity index (χ1v) is 7.98. The monoisotopic (exact) mass is 351 g/mol. The molecule has 1 aromatic carbocycles. The number of carbonyl (C=O) groups is 1. The Bertz CT molecular complexity index is 667. The Morgan fingerprint density at radius 1 is 1.43 bits per heavy atom. The number of amides is 1. The zero-order valence-electron chi connectivity index (χ0n) is 13.0. The van der Waals surface area contributed by atoms with Crippen LogP contribution in [-0.4, -0.2) is 37.1 Å². The van der Waals surface area contributed by atoms with Crippen molar-refractivity contribution in [2.75, 3.05) is 20.3 Å². The number of likely N-dealkylation sites (tertiary alicyclic amines) is 1. The van der Waals surface area contributed by atoms with Crippen molar-refractivity contribution in [1.82, 2.24) is 4.90 Å². The van der Waals surface area contributed by atoms with Crippen LogP contribution in [0.15, 0.2) is 54.7 Å². The molecule has 0 saturated carbocycles. The molecule has 5 heteroatoms. The van der Waals surface area contributed by atoms with E-state index in [2.05, 4.69) is 13.2 Å². The Kier molecular flexibility index (Phi) is 6.05. The number of nitrogens with zero attached hydrogens (tertiary/aromatic N) is 1. The summed E-state index contributed by atoms with van der Waals surface area (Å²) in [5, 5.41) is 0.792. The van der Waals surface area contributed by atoms with Crippen LogP contribution in [0.3, 0.4) is 0 Å². The summed E-state index contributed by atoms with van der Waals surface area (Å²) in [7, 11) is 1.62. The highest BCUT2D eigenvalue weighted by Crippen LogP contribution is 2.29. The minimum atomic E-state index is -0.104. The van der Waals surface area contributed by atoms with E-state index >= 15 is 0 Å². The third kappa shape index (κ3) is 4.05. The summed E-state index contributed by atoms with van der Waals surface area (Å²) < 4.78 is 5.26. The first kappa shape index (κ1) is 17.8. The van der Waals surface area contributed by atoms with Gasteiger partial charge >= 0.3 is 0 Å². The van der Waals surface area contributed by atoms with Crippen LogP contribution < -0.4 is 0 Å². The van der Waals surface area contributed by atoms with Crippen molar-refractivity contribution in [3.05, 3.63) is 70.3 Å². The third-order valence-electron chi connectivity index (χ3n) is 3.82. The number of benzene rings is 1. The van der Waals surface area contributed by atoms with Gasteiger partial charge in [-0.3, -0.25) is 4.79 Å². The van der Waals surface area contributed by atoms with E-state index in [1.54, 1.807) is 36.3 Å². The van der Waals surface area contributed by atoms with Crippen molar-refractivity contribution in [3.63, 3.8) is 0 Å². The van der Waals surface area contributed by atoms with Gasteiger partial charge in [0.1, 0.15) is 0 Å². The van der Waals surface area contributed by atoms with Gasteiger partial charge in [0.2, 0.25) is 0 Å². The van der Waals surface area contributed by atoms with Gasteiger partial charge in [-0.15, -0.1) is 0 Å². The lowest BCUT2D eigenvalue weighted by Gasteiger charge is -2.38. The highest BCUT2D eigenvalue weighted by atomic mass is 35.5. The smallest absolute Gasteiger partial charge is 0.254 e. The van der Waals surface area contributed by atoms with Crippen molar-refractivity contribution in [3.8, 4) is 0 Å². The lowest BCUT2D eigenvalue weighted by Crippen LogP contribution is -2.47. The SMILES string of the molecule is C=CC=C1CN(C(=O)c2ccc(Cl)c(Cl)c2)C(COC)CC1=C. The Balaban J connectivity index is 2.32. The van der Waals surface area contributed by atoms with Gasteiger partial charge in [0.15, 0.2) is 0 Å². The molecule has 3 nitrogen and oxygen atoms in total. The maximum atomic E-state index is 12.9. The molecule has 1 unspecified atom stereocenters. The van der Waals surface area contributed by atoms with E-state index in [9.17, 15) is 4.79 Å². The Morgan fingerprint density at radius 2 is 2.17 bits per heavy atom. The molecule has 1 aliphatic rings. The second-order valence-corrected chi connectivity index (χ2v) is 6.22. The van der Waals surface area contributed by atoms with Gasteiger partial charge in [0.05, 0.1) is 22.7 Å². The average Bonchev–Trinajstić information content (AvgIpc) is 2.52. The van der Waals surface area contributed by atoms with Crippen molar-refractivity contribution in [1.29, 1.82) is 0 Å². The summed E-state index contributed by atoms with van der Waals surface area (Å²) in [6.07, 6.45) is 4.26. The highest BCUT2D eigenvalue weighted by Gasteiger charge is 2.31. The van der Waals surface area contributed by atoms with Gasteiger partial charge in [0.25, 0.3) is 5.91 Å². The van der Waals surface area contributed by atoms with Crippen molar-refractivity contribution < 1.29 is 9.53 Å². The van der Waals surface area contributed by atoms with Gasteiger partial charge in [-0.05, 0) is 35.8 Å². The van der Waals surface area contributed by atoms with E-state index in [0.717, 1.165) is 11.1 Å². The number of rotatable bonds is 4. The van der Waals surface area contributed by atoms with Gasteiger partial charge in [-0.1, -0.05) is 48.5 Å². The fourth-order valence-electron chi connectivity index (χ4n) is 2.64. The molecule has 0 N–H and O–H groups in total. The van der Waals surface area contributed by atoms with Crippen LogP contribution in [0.5, 0.6) is 0 Å². The second-order valence-electron chi connectivity index (χ2n) is 5.41. The largest absolute Gasteiger partial charge is 0.383 e. The molecule has 1 atom stereocenters. The van der Waals surface area contributed by atoms with Crippen molar-refractivity contribution in [2.45, 2.75) is 12.5 Å². The summed E-state index contributed by atoms with van der Waals surface area (Å²) in [5.41, 5.74) is 2.51. The van der Waals surface area contributed by atoms with Crippen LogP contribution in [0.4, 0.5) is 0 Å². The van der Waals surface area contributed by atoms with E-state index in [4.69, 9.17) is 27.9 Å². The molecule has 0 aromatic heterocycles. The number of allylic oxidation sites excluding steroid dienone is 2. The van der Waals surface area contributed by atoms with Gasteiger partial charge in [-0.2, -0.15) is 0 Å². The Hall–Kier alpha value is -1.55. The average molecular weight is 352 g/mol. The van der Waals surface area contributed by atoms with E-state index in [1.807, 2.05) is 6.08 Å². The van der Waals surface area contributed by atoms with Crippen LogP contribution >= 0.6 is 23.2 Å². The summed E-state index contributed by atoms with van der Waals surface area (Å²) in [4.78, 5) is 14.7. The lowest BCUT2D eigenvalue weighted by atomic mass is 9.92. The summed E-state index contributed by atoms with van der Waals surface area (Å²) in [5.74, 6) is -0.104. The number of ether oxygens (including phenoxy) is 1. The minimum absolute atomic E-state index is 0.0589. The molecule has 23 heavy (non-hydrogen) atoms. The Labute approximate surface area is 146 Å². The van der Waals surface area contributed by atoms with Gasteiger partial charge in [-0.25, -0.2) is 0 Å². The maximum absolute atomic E-state index is 12.9. The van der Waals surface area contributed by atoms with Crippen LogP contribution in [0.25, 0.3) is 0 Å². The second kappa shape index (κ2) is 7.82. The van der Waals surface area contributed by atoms with Crippen LogP contribution in [-0.2, 0) is 4.74 Å². The molecule has 0 spiro atoms.